The predicted molar refractivity (Wildman–Crippen MR) is 70.9 cm³/mol. The highest BCUT2D eigenvalue weighted by molar-refractivity contribution is 7.11. The largest absolute Gasteiger partial charge is 0.144 e. The summed E-state index contributed by atoms with van der Waals surface area (Å²) in [5.41, 5.74) is 1.42. The molecule has 1 aliphatic carbocycles. The molecule has 1 aromatic carbocycles. The van der Waals surface area contributed by atoms with E-state index < -0.39 is 0 Å². The minimum atomic E-state index is 0.582. The Morgan fingerprint density at radius 3 is 2.76 bits per heavy atom. The van der Waals surface area contributed by atoms with Gasteiger partial charge in [0.1, 0.15) is 10.0 Å². The number of alkyl halides is 1. The average molecular weight is 265 g/mol. The maximum absolute atomic E-state index is 5.70. The Labute approximate surface area is 110 Å². The highest BCUT2D eigenvalue weighted by atomic mass is 35.5. The Morgan fingerprint density at radius 1 is 1.18 bits per heavy atom. The lowest BCUT2D eigenvalue weighted by Crippen LogP contribution is -1.84. The molecule has 3 rings (SSSR count). The molecule has 1 heterocycles. The molecule has 2 atom stereocenters. The van der Waals surface area contributed by atoms with Crippen LogP contribution in [0.4, 0.5) is 0 Å². The van der Waals surface area contributed by atoms with Crippen LogP contribution in [-0.4, -0.2) is 16.1 Å². The van der Waals surface area contributed by atoms with Gasteiger partial charge in [-0.3, -0.25) is 0 Å². The molecule has 0 amide bonds. The van der Waals surface area contributed by atoms with Crippen LogP contribution in [0.5, 0.6) is 0 Å². The number of aromatic nitrogens is 2. The van der Waals surface area contributed by atoms with E-state index in [1.165, 1.54) is 17.0 Å². The second kappa shape index (κ2) is 4.75. The van der Waals surface area contributed by atoms with Crippen LogP contribution in [-0.2, 0) is 6.42 Å². The molecule has 1 saturated carbocycles. The van der Waals surface area contributed by atoms with E-state index in [1.54, 1.807) is 11.3 Å². The number of rotatable bonds is 4. The molecular formula is C13H13ClN2S. The van der Waals surface area contributed by atoms with Crippen molar-refractivity contribution >= 4 is 22.9 Å². The number of hydrogen-bond acceptors (Lipinski definition) is 3. The minimum Gasteiger partial charge on any atom is -0.144 e. The third-order valence-electron chi connectivity index (χ3n) is 3.13. The van der Waals surface area contributed by atoms with Gasteiger partial charge in [-0.2, -0.15) is 0 Å². The molecule has 1 fully saturated rings. The fraction of sp³-hybridized carbons (Fsp3) is 0.385. The number of aryl methyl sites for hydroxylation is 1. The van der Waals surface area contributed by atoms with E-state index in [4.69, 9.17) is 11.6 Å². The van der Waals surface area contributed by atoms with Gasteiger partial charge in [-0.05, 0) is 17.9 Å². The molecule has 2 unspecified atom stereocenters. The smallest absolute Gasteiger partial charge is 0.121 e. The molecule has 88 valence electrons. The Hall–Kier alpha value is -0.930. The van der Waals surface area contributed by atoms with Crippen molar-refractivity contribution < 1.29 is 0 Å². The Morgan fingerprint density at radius 2 is 2.00 bits per heavy atom. The van der Waals surface area contributed by atoms with Crippen molar-refractivity contribution in [2.75, 3.05) is 5.88 Å². The Kier molecular flexibility index (Phi) is 3.12. The summed E-state index contributed by atoms with van der Waals surface area (Å²) in [6, 6.07) is 10.7. The summed E-state index contributed by atoms with van der Waals surface area (Å²) in [5, 5.41) is 10.7. The van der Waals surface area contributed by atoms with Gasteiger partial charge in [-0.15, -0.1) is 33.1 Å². The van der Waals surface area contributed by atoms with Crippen LogP contribution >= 0.6 is 22.9 Å². The number of hydrogen-bond donors (Lipinski definition) is 0. The van der Waals surface area contributed by atoms with E-state index >= 15 is 0 Å². The van der Waals surface area contributed by atoms with Crippen LogP contribution in [0, 0.1) is 0 Å². The van der Waals surface area contributed by atoms with Gasteiger partial charge < -0.3 is 0 Å². The van der Waals surface area contributed by atoms with Gasteiger partial charge in [0.25, 0.3) is 0 Å². The van der Waals surface area contributed by atoms with Crippen molar-refractivity contribution in [1.82, 2.24) is 10.2 Å². The SMILES string of the molecule is ClCCc1nnc(C2CC2c2ccccc2)s1. The van der Waals surface area contributed by atoms with E-state index in [0.717, 1.165) is 11.4 Å². The van der Waals surface area contributed by atoms with Crippen molar-refractivity contribution in [2.24, 2.45) is 0 Å². The van der Waals surface area contributed by atoms with Gasteiger partial charge in [-0.25, -0.2) is 0 Å². The van der Waals surface area contributed by atoms with Crippen LogP contribution in [0.3, 0.4) is 0 Å². The molecule has 0 saturated heterocycles. The lowest BCUT2D eigenvalue weighted by atomic mass is 10.1. The van der Waals surface area contributed by atoms with Crippen LogP contribution in [0.15, 0.2) is 30.3 Å². The first-order chi connectivity index (χ1) is 8.38. The van der Waals surface area contributed by atoms with Crippen molar-refractivity contribution in [2.45, 2.75) is 24.7 Å². The fourth-order valence-corrected chi connectivity index (χ4v) is 3.45. The zero-order valence-electron chi connectivity index (χ0n) is 9.34. The molecule has 17 heavy (non-hydrogen) atoms. The molecule has 0 radical (unpaired) electrons. The monoisotopic (exact) mass is 264 g/mol. The molecule has 0 bridgehead atoms. The third-order valence-corrected chi connectivity index (χ3v) is 4.43. The minimum absolute atomic E-state index is 0.582. The highest BCUT2D eigenvalue weighted by Crippen LogP contribution is 2.55. The number of halogens is 1. The summed E-state index contributed by atoms with van der Waals surface area (Å²) in [4.78, 5) is 0. The standard InChI is InChI=1S/C13H13ClN2S/c14-7-6-12-15-16-13(17-12)11-8-10(11)9-4-2-1-3-5-9/h1-5,10-11H,6-8H2. The van der Waals surface area contributed by atoms with Crippen LogP contribution in [0.2, 0.25) is 0 Å². The molecule has 4 heteroatoms. The maximum Gasteiger partial charge on any atom is 0.121 e. The predicted octanol–water partition coefficient (Wildman–Crippen LogP) is 3.59. The van der Waals surface area contributed by atoms with E-state index in [-0.39, 0.29) is 0 Å². The van der Waals surface area contributed by atoms with Crippen LogP contribution in [0.25, 0.3) is 0 Å². The van der Waals surface area contributed by atoms with Gasteiger partial charge in [-0.1, -0.05) is 30.3 Å². The molecule has 2 aromatic rings. The summed E-state index contributed by atoms with van der Waals surface area (Å²) in [7, 11) is 0. The summed E-state index contributed by atoms with van der Waals surface area (Å²) in [6.45, 7) is 0. The maximum atomic E-state index is 5.70. The summed E-state index contributed by atoms with van der Waals surface area (Å²) in [6.07, 6.45) is 2.04. The van der Waals surface area contributed by atoms with Crippen LogP contribution < -0.4 is 0 Å². The first-order valence-corrected chi connectivity index (χ1v) is 7.17. The van der Waals surface area contributed by atoms with Gasteiger partial charge in [0.2, 0.25) is 0 Å². The van der Waals surface area contributed by atoms with E-state index in [9.17, 15) is 0 Å². The number of nitrogens with zero attached hydrogens (tertiary/aromatic N) is 2. The van der Waals surface area contributed by atoms with Crippen molar-refractivity contribution in [3.8, 4) is 0 Å². The first-order valence-electron chi connectivity index (χ1n) is 5.81. The van der Waals surface area contributed by atoms with Crippen LogP contribution in [0.1, 0.15) is 33.8 Å². The van der Waals surface area contributed by atoms with Gasteiger partial charge in [0.15, 0.2) is 0 Å². The average Bonchev–Trinajstić information content (AvgIpc) is 3.04. The fourth-order valence-electron chi connectivity index (χ4n) is 2.13. The van der Waals surface area contributed by atoms with Gasteiger partial charge in [0.05, 0.1) is 0 Å². The van der Waals surface area contributed by atoms with Crippen molar-refractivity contribution in [3.63, 3.8) is 0 Å². The van der Waals surface area contributed by atoms with Gasteiger partial charge >= 0.3 is 0 Å². The van der Waals surface area contributed by atoms with Gasteiger partial charge in [0, 0.05) is 18.2 Å². The summed E-state index contributed by atoms with van der Waals surface area (Å²) >= 11 is 7.42. The number of benzene rings is 1. The second-order valence-corrected chi connectivity index (χ2v) is 5.80. The Balaban J connectivity index is 1.71. The molecule has 2 nitrogen and oxygen atoms in total. The molecule has 0 spiro atoms. The lowest BCUT2D eigenvalue weighted by Gasteiger charge is -1.96. The zero-order chi connectivity index (χ0) is 11.7. The van der Waals surface area contributed by atoms with E-state index in [0.29, 0.717) is 17.7 Å². The van der Waals surface area contributed by atoms with E-state index in [2.05, 4.69) is 40.5 Å². The molecular weight excluding hydrogens is 252 g/mol. The Bertz CT molecular complexity index is 497. The normalized spacial score (nSPS) is 22.6. The first kappa shape index (κ1) is 11.2. The topological polar surface area (TPSA) is 25.8 Å². The summed E-state index contributed by atoms with van der Waals surface area (Å²) < 4.78 is 0. The summed E-state index contributed by atoms with van der Waals surface area (Å²) in [5.74, 6) is 1.86. The van der Waals surface area contributed by atoms with E-state index in [1.807, 2.05) is 0 Å². The quantitative estimate of drug-likeness (QED) is 0.789. The third kappa shape index (κ3) is 2.35. The van der Waals surface area contributed by atoms with Crippen molar-refractivity contribution in [3.05, 3.63) is 45.9 Å². The second-order valence-electron chi connectivity index (χ2n) is 4.33. The molecule has 1 aromatic heterocycles. The highest BCUT2D eigenvalue weighted by Gasteiger charge is 2.41. The lowest BCUT2D eigenvalue weighted by molar-refractivity contribution is 0.915. The molecule has 0 N–H and O–H groups in total. The van der Waals surface area contributed by atoms with Crippen molar-refractivity contribution in [1.29, 1.82) is 0 Å². The molecule has 1 aliphatic rings. The zero-order valence-corrected chi connectivity index (χ0v) is 10.9. The molecule has 0 aliphatic heterocycles.